The van der Waals surface area contributed by atoms with Gasteiger partial charge in [-0.2, -0.15) is 10.1 Å². The van der Waals surface area contributed by atoms with Crippen molar-refractivity contribution in [3.8, 4) is 0 Å². The van der Waals surface area contributed by atoms with Gasteiger partial charge in [0.15, 0.2) is 5.58 Å². The first-order chi connectivity index (χ1) is 13.9. The molecule has 1 aromatic carbocycles. The Labute approximate surface area is 169 Å². The van der Waals surface area contributed by atoms with Crippen LogP contribution in [-0.4, -0.2) is 56.7 Å². The van der Waals surface area contributed by atoms with E-state index in [1.165, 1.54) is 0 Å². The number of amides is 1. The predicted octanol–water partition coefficient (Wildman–Crippen LogP) is 1.73. The topological polar surface area (TPSA) is 106 Å². The van der Waals surface area contributed by atoms with E-state index in [4.69, 9.17) is 10.2 Å². The number of oxazole rings is 1. The SMILES string of the molecule is Cc1nc([C@@H](N)C(C)C)n(CC(=O)N2CCN(c3nc4ccccc4o3)CC2)n1. The number of carbonyl (C=O) groups is 1. The first-order valence-electron chi connectivity index (χ1n) is 9.97. The van der Waals surface area contributed by atoms with Crippen LogP contribution in [0.15, 0.2) is 28.7 Å². The summed E-state index contributed by atoms with van der Waals surface area (Å²) in [5, 5.41) is 4.38. The molecule has 0 saturated carbocycles. The van der Waals surface area contributed by atoms with E-state index in [1.807, 2.05) is 49.9 Å². The van der Waals surface area contributed by atoms with E-state index in [9.17, 15) is 4.79 Å². The fourth-order valence-corrected chi connectivity index (χ4v) is 3.50. The molecule has 9 nitrogen and oxygen atoms in total. The number of benzene rings is 1. The van der Waals surface area contributed by atoms with Crippen molar-refractivity contribution in [3.05, 3.63) is 35.9 Å². The van der Waals surface area contributed by atoms with E-state index >= 15 is 0 Å². The molecule has 0 radical (unpaired) electrons. The quantitative estimate of drug-likeness (QED) is 0.699. The highest BCUT2D eigenvalue weighted by Crippen LogP contribution is 2.23. The summed E-state index contributed by atoms with van der Waals surface area (Å²) in [5.74, 6) is 1.53. The number of nitrogens with zero attached hydrogens (tertiary/aromatic N) is 6. The van der Waals surface area contributed by atoms with Crippen molar-refractivity contribution in [1.29, 1.82) is 0 Å². The Hall–Kier alpha value is -2.94. The zero-order valence-corrected chi connectivity index (χ0v) is 17.1. The minimum absolute atomic E-state index is 0.0179. The lowest BCUT2D eigenvalue weighted by molar-refractivity contribution is -0.132. The molecular weight excluding hydrogens is 370 g/mol. The Bertz CT molecular complexity index is 968. The number of anilines is 1. The number of nitrogens with two attached hydrogens (primary N) is 1. The van der Waals surface area contributed by atoms with E-state index in [-0.39, 0.29) is 24.4 Å². The number of hydrogen-bond acceptors (Lipinski definition) is 7. The predicted molar refractivity (Wildman–Crippen MR) is 109 cm³/mol. The Morgan fingerprint density at radius 3 is 2.59 bits per heavy atom. The van der Waals surface area contributed by atoms with Gasteiger partial charge < -0.3 is 20.0 Å². The van der Waals surface area contributed by atoms with Crippen LogP contribution in [0.1, 0.15) is 31.5 Å². The molecule has 1 aliphatic heterocycles. The lowest BCUT2D eigenvalue weighted by Gasteiger charge is -2.34. The van der Waals surface area contributed by atoms with Gasteiger partial charge >= 0.3 is 0 Å². The number of aryl methyl sites for hydroxylation is 1. The molecule has 3 heterocycles. The Balaban J connectivity index is 1.39. The van der Waals surface area contributed by atoms with Gasteiger partial charge in [0.2, 0.25) is 5.91 Å². The van der Waals surface area contributed by atoms with Gasteiger partial charge in [-0.1, -0.05) is 26.0 Å². The van der Waals surface area contributed by atoms with Crippen LogP contribution in [-0.2, 0) is 11.3 Å². The molecule has 0 bridgehead atoms. The van der Waals surface area contributed by atoms with Crippen molar-refractivity contribution >= 4 is 23.0 Å². The van der Waals surface area contributed by atoms with E-state index in [1.54, 1.807) is 4.68 Å². The summed E-state index contributed by atoms with van der Waals surface area (Å²) in [6, 6.07) is 8.07. The summed E-state index contributed by atoms with van der Waals surface area (Å²) in [6.07, 6.45) is 0. The first-order valence-corrected chi connectivity index (χ1v) is 9.97. The van der Waals surface area contributed by atoms with Crippen molar-refractivity contribution in [2.24, 2.45) is 11.7 Å². The van der Waals surface area contributed by atoms with Crippen LogP contribution in [0.25, 0.3) is 11.1 Å². The highest BCUT2D eigenvalue weighted by molar-refractivity contribution is 5.76. The molecule has 2 aromatic heterocycles. The molecule has 154 valence electrons. The smallest absolute Gasteiger partial charge is 0.298 e. The van der Waals surface area contributed by atoms with Crippen LogP contribution >= 0.6 is 0 Å². The Morgan fingerprint density at radius 1 is 1.17 bits per heavy atom. The molecule has 1 aliphatic rings. The monoisotopic (exact) mass is 397 g/mol. The van der Waals surface area contributed by atoms with Gasteiger partial charge in [-0.15, -0.1) is 0 Å². The third-order valence-electron chi connectivity index (χ3n) is 5.29. The number of aromatic nitrogens is 4. The molecule has 1 atom stereocenters. The molecule has 9 heteroatoms. The molecule has 1 saturated heterocycles. The number of para-hydroxylation sites is 2. The second-order valence-electron chi connectivity index (χ2n) is 7.78. The Kier molecular flexibility index (Phi) is 5.23. The van der Waals surface area contributed by atoms with Gasteiger partial charge in [-0.05, 0) is 25.0 Å². The van der Waals surface area contributed by atoms with Crippen LogP contribution in [0.2, 0.25) is 0 Å². The standard InChI is InChI=1S/C20H27N7O2/c1-13(2)18(21)19-22-14(3)24-27(19)12-17(28)25-8-10-26(11-9-25)20-23-15-6-4-5-7-16(15)29-20/h4-7,13,18H,8-12,21H2,1-3H3/t18-/m0/s1. The van der Waals surface area contributed by atoms with Gasteiger partial charge in [0, 0.05) is 26.2 Å². The summed E-state index contributed by atoms with van der Waals surface area (Å²) in [4.78, 5) is 25.7. The molecule has 0 unspecified atom stereocenters. The van der Waals surface area contributed by atoms with Gasteiger partial charge in [0.05, 0.1) is 6.04 Å². The van der Waals surface area contributed by atoms with Crippen molar-refractivity contribution in [3.63, 3.8) is 0 Å². The molecule has 0 spiro atoms. The van der Waals surface area contributed by atoms with E-state index in [2.05, 4.69) is 20.0 Å². The van der Waals surface area contributed by atoms with Crippen LogP contribution in [0.5, 0.6) is 0 Å². The maximum atomic E-state index is 12.8. The van der Waals surface area contributed by atoms with Crippen molar-refractivity contribution in [2.45, 2.75) is 33.4 Å². The highest BCUT2D eigenvalue weighted by atomic mass is 16.4. The van der Waals surface area contributed by atoms with Gasteiger partial charge in [0.1, 0.15) is 23.7 Å². The number of rotatable bonds is 5. The van der Waals surface area contributed by atoms with E-state index in [0.717, 1.165) is 11.1 Å². The van der Waals surface area contributed by atoms with Crippen LogP contribution in [0.4, 0.5) is 6.01 Å². The third-order valence-corrected chi connectivity index (χ3v) is 5.29. The van der Waals surface area contributed by atoms with Gasteiger partial charge in [-0.25, -0.2) is 9.67 Å². The minimum atomic E-state index is -0.250. The molecule has 0 aliphatic carbocycles. The van der Waals surface area contributed by atoms with Crippen LogP contribution in [0.3, 0.4) is 0 Å². The van der Waals surface area contributed by atoms with Crippen LogP contribution in [0, 0.1) is 12.8 Å². The zero-order chi connectivity index (χ0) is 20.5. The van der Waals surface area contributed by atoms with Crippen molar-refractivity contribution in [2.75, 3.05) is 31.1 Å². The average Bonchev–Trinajstić information content (AvgIpc) is 3.30. The molecule has 1 amide bonds. The summed E-state index contributed by atoms with van der Waals surface area (Å²) in [6.45, 7) is 8.60. The van der Waals surface area contributed by atoms with Crippen molar-refractivity contribution in [1.82, 2.24) is 24.6 Å². The maximum Gasteiger partial charge on any atom is 0.298 e. The third kappa shape index (κ3) is 3.95. The number of piperazine rings is 1. The largest absolute Gasteiger partial charge is 0.423 e. The molecule has 1 fully saturated rings. The fourth-order valence-electron chi connectivity index (χ4n) is 3.50. The van der Waals surface area contributed by atoms with E-state index < -0.39 is 0 Å². The summed E-state index contributed by atoms with van der Waals surface area (Å²) in [5.41, 5.74) is 7.87. The molecule has 2 N–H and O–H groups in total. The zero-order valence-electron chi connectivity index (χ0n) is 17.1. The summed E-state index contributed by atoms with van der Waals surface area (Å²) >= 11 is 0. The van der Waals surface area contributed by atoms with Crippen LogP contribution < -0.4 is 10.6 Å². The maximum absolute atomic E-state index is 12.8. The molecule has 3 aromatic rings. The highest BCUT2D eigenvalue weighted by Gasteiger charge is 2.26. The second-order valence-corrected chi connectivity index (χ2v) is 7.78. The minimum Gasteiger partial charge on any atom is -0.423 e. The van der Waals surface area contributed by atoms with E-state index in [0.29, 0.717) is 43.8 Å². The van der Waals surface area contributed by atoms with Gasteiger partial charge in [0.25, 0.3) is 6.01 Å². The lowest BCUT2D eigenvalue weighted by atomic mass is 10.1. The average molecular weight is 397 g/mol. The molecule has 29 heavy (non-hydrogen) atoms. The lowest BCUT2D eigenvalue weighted by Crippen LogP contribution is -2.50. The number of fused-ring (bicyclic) bond motifs is 1. The van der Waals surface area contributed by atoms with Crippen molar-refractivity contribution < 1.29 is 9.21 Å². The Morgan fingerprint density at radius 2 is 1.90 bits per heavy atom. The second kappa shape index (κ2) is 7.82. The molecular formula is C20H27N7O2. The number of carbonyl (C=O) groups excluding carboxylic acids is 1. The summed E-state index contributed by atoms with van der Waals surface area (Å²) in [7, 11) is 0. The number of hydrogen-bond donors (Lipinski definition) is 1. The molecule has 4 rings (SSSR count). The summed E-state index contributed by atoms with van der Waals surface area (Å²) < 4.78 is 7.49. The fraction of sp³-hybridized carbons (Fsp3) is 0.500. The van der Waals surface area contributed by atoms with Gasteiger partial charge in [-0.3, -0.25) is 4.79 Å². The normalized spacial score (nSPS) is 16.0. The first kappa shape index (κ1) is 19.4.